The van der Waals surface area contributed by atoms with E-state index in [1.165, 1.54) is 18.0 Å². The number of carbonyl (C=O) groups is 1. The number of hydrogen-bond acceptors (Lipinski definition) is 6. The number of carboxylic acids is 1. The maximum atomic E-state index is 11.1. The fourth-order valence-corrected chi connectivity index (χ4v) is 2.13. The SMILES string of the molecule is CCN1CC(C(=O)O)=C(O)c2cnc(SC)nc21. The zero-order valence-corrected chi connectivity index (χ0v) is 10.9. The highest BCUT2D eigenvalue weighted by Gasteiger charge is 2.29. The zero-order chi connectivity index (χ0) is 13.3. The number of aliphatic hydroxyl groups is 1. The van der Waals surface area contributed by atoms with Gasteiger partial charge in [0.2, 0.25) is 0 Å². The molecule has 0 aliphatic carbocycles. The quantitative estimate of drug-likeness (QED) is 0.632. The number of aliphatic hydroxyl groups excluding tert-OH is 1. The summed E-state index contributed by atoms with van der Waals surface area (Å²) in [4.78, 5) is 21.3. The van der Waals surface area contributed by atoms with Gasteiger partial charge in [0.1, 0.15) is 11.6 Å². The molecule has 1 aromatic rings. The van der Waals surface area contributed by atoms with E-state index in [9.17, 15) is 9.90 Å². The van der Waals surface area contributed by atoms with Gasteiger partial charge in [0, 0.05) is 12.7 Å². The smallest absolute Gasteiger partial charge is 0.337 e. The molecule has 0 atom stereocenters. The van der Waals surface area contributed by atoms with Gasteiger partial charge in [-0.05, 0) is 13.2 Å². The van der Waals surface area contributed by atoms with E-state index in [-0.39, 0.29) is 17.9 Å². The first kappa shape index (κ1) is 12.7. The number of aliphatic carboxylic acids is 1. The summed E-state index contributed by atoms with van der Waals surface area (Å²) in [5.74, 6) is -0.778. The van der Waals surface area contributed by atoms with Gasteiger partial charge in [-0.15, -0.1) is 0 Å². The lowest BCUT2D eigenvalue weighted by atomic mass is 10.1. The molecule has 2 N–H and O–H groups in total. The Morgan fingerprint density at radius 2 is 2.33 bits per heavy atom. The number of anilines is 1. The van der Waals surface area contributed by atoms with Crippen molar-refractivity contribution in [3.05, 3.63) is 17.3 Å². The minimum absolute atomic E-state index is 0.0233. The van der Waals surface area contributed by atoms with E-state index in [1.807, 2.05) is 13.2 Å². The molecular formula is C11H13N3O3S. The number of thioether (sulfide) groups is 1. The molecule has 0 saturated carbocycles. The Morgan fingerprint density at radius 1 is 1.61 bits per heavy atom. The van der Waals surface area contributed by atoms with Crippen LogP contribution in [0.25, 0.3) is 5.76 Å². The average Bonchev–Trinajstić information content (AvgIpc) is 2.38. The van der Waals surface area contributed by atoms with E-state index in [0.29, 0.717) is 23.1 Å². The average molecular weight is 267 g/mol. The second-order valence-corrected chi connectivity index (χ2v) is 4.51. The second-order valence-electron chi connectivity index (χ2n) is 3.74. The highest BCUT2D eigenvalue weighted by molar-refractivity contribution is 7.98. The van der Waals surface area contributed by atoms with Crippen molar-refractivity contribution >= 4 is 29.3 Å². The summed E-state index contributed by atoms with van der Waals surface area (Å²) in [6, 6.07) is 0. The monoisotopic (exact) mass is 267 g/mol. The summed E-state index contributed by atoms with van der Waals surface area (Å²) >= 11 is 1.40. The van der Waals surface area contributed by atoms with Crippen molar-refractivity contribution in [3.8, 4) is 0 Å². The maximum Gasteiger partial charge on any atom is 0.337 e. The molecule has 7 heteroatoms. The van der Waals surface area contributed by atoms with Crippen molar-refractivity contribution in [2.45, 2.75) is 12.1 Å². The molecular weight excluding hydrogens is 254 g/mol. The number of likely N-dealkylation sites (N-methyl/N-ethyl adjacent to an activating group) is 1. The molecule has 2 heterocycles. The van der Waals surface area contributed by atoms with Crippen LogP contribution in [-0.4, -0.2) is 45.5 Å². The van der Waals surface area contributed by atoms with Crippen LogP contribution in [0.3, 0.4) is 0 Å². The van der Waals surface area contributed by atoms with Crippen LogP contribution < -0.4 is 4.90 Å². The highest BCUT2D eigenvalue weighted by atomic mass is 32.2. The van der Waals surface area contributed by atoms with E-state index >= 15 is 0 Å². The van der Waals surface area contributed by atoms with E-state index in [0.717, 1.165) is 0 Å². The van der Waals surface area contributed by atoms with E-state index in [4.69, 9.17) is 5.11 Å². The summed E-state index contributed by atoms with van der Waals surface area (Å²) < 4.78 is 0. The molecule has 0 amide bonds. The molecule has 0 bridgehead atoms. The Morgan fingerprint density at radius 3 is 2.89 bits per heavy atom. The molecule has 0 fully saturated rings. The van der Waals surface area contributed by atoms with Gasteiger partial charge in [0.05, 0.1) is 17.7 Å². The summed E-state index contributed by atoms with van der Waals surface area (Å²) in [5, 5.41) is 19.6. The van der Waals surface area contributed by atoms with Gasteiger partial charge in [-0.25, -0.2) is 14.8 Å². The summed E-state index contributed by atoms with van der Waals surface area (Å²) in [5.41, 5.74) is 0.350. The number of carboxylic acid groups (broad SMARTS) is 1. The third-order valence-electron chi connectivity index (χ3n) is 2.76. The van der Waals surface area contributed by atoms with E-state index in [2.05, 4.69) is 9.97 Å². The third kappa shape index (κ3) is 2.01. The molecule has 96 valence electrons. The Hall–Kier alpha value is -1.76. The van der Waals surface area contributed by atoms with Crippen LogP contribution in [0.5, 0.6) is 0 Å². The lowest BCUT2D eigenvalue weighted by Crippen LogP contribution is -2.33. The number of fused-ring (bicyclic) bond motifs is 1. The number of aromatic nitrogens is 2. The van der Waals surface area contributed by atoms with E-state index in [1.54, 1.807) is 4.90 Å². The molecule has 1 aliphatic heterocycles. The van der Waals surface area contributed by atoms with Crippen LogP contribution in [0.4, 0.5) is 5.82 Å². The molecule has 18 heavy (non-hydrogen) atoms. The summed E-state index contributed by atoms with van der Waals surface area (Å²) in [6.07, 6.45) is 3.33. The van der Waals surface area contributed by atoms with Crippen LogP contribution in [0, 0.1) is 0 Å². The van der Waals surface area contributed by atoms with Crippen LogP contribution in [0.2, 0.25) is 0 Å². The molecule has 1 aliphatic rings. The lowest BCUT2D eigenvalue weighted by Gasteiger charge is -2.29. The highest BCUT2D eigenvalue weighted by Crippen LogP contribution is 2.32. The fraction of sp³-hybridized carbons (Fsp3) is 0.364. The second kappa shape index (κ2) is 4.85. The van der Waals surface area contributed by atoms with Crippen molar-refractivity contribution in [2.24, 2.45) is 0 Å². The Balaban J connectivity index is 2.59. The summed E-state index contributed by atoms with van der Waals surface area (Å²) in [7, 11) is 0. The molecule has 0 spiro atoms. The number of nitrogens with zero attached hydrogens (tertiary/aromatic N) is 3. The Labute approximate surface area is 108 Å². The van der Waals surface area contributed by atoms with Crippen molar-refractivity contribution in [3.63, 3.8) is 0 Å². The predicted octanol–water partition coefficient (Wildman–Crippen LogP) is 1.39. The molecule has 0 aromatic carbocycles. The minimum atomic E-state index is -1.12. The van der Waals surface area contributed by atoms with Crippen molar-refractivity contribution in [2.75, 3.05) is 24.2 Å². The Kier molecular flexibility index (Phi) is 3.42. The predicted molar refractivity (Wildman–Crippen MR) is 68.9 cm³/mol. The zero-order valence-electron chi connectivity index (χ0n) is 10.0. The van der Waals surface area contributed by atoms with Gasteiger partial charge in [0.25, 0.3) is 0 Å². The van der Waals surface area contributed by atoms with Gasteiger partial charge in [-0.3, -0.25) is 0 Å². The molecule has 0 saturated heterocycles. The van der Waals surface area contributed by atoms with Crippen molar-refractivity contribution in [1.29, 1.82) is 0 Å². The molecule has 0 unspecified atom stereocenters. The molecule has 0 radical (unpaired) electrons. The van der Waals surface area contributed by atoms with Crippen molar-refractivity contribution < 1.29 is 15.0 Å². The summed E-state index contributed by atoms with van der Waals surface area (Å²) in [6.45, 7) is 2.67. The first-order valence-corrected chi connectivity index (χ1v) is 6.62. The van der Waals surface area contributed by atoms with Crippen LogP contribution in [0.15, 0.2) is 16.9 Å². The van der Waals surface area contributed by atoms with Crippen molar-refractivity contribution in [1.82, 2.24) is 9.97 Å². The normalized spacial score (nSPS) is 14.7. The van der Waals surface area contributed by atoms with Gasteiger partial charge >= 0.3 is 5.97 Å². The largest absolute Gasteiger partial charge is 0.506 e. The van der Waals surface area contributed by atoms with Gasteiger partial charge < -0.3 is 15.1 Å². The lowest BCUT2D eigenvalue weighted by molar-refractivity contribution is -0.132. The topological polar surface area (TPSA) is 86.6 Å². The number of rotatable bonds is 3. The first-order chi connectivity index (χ1) is 8.58. The molecule has 6 nitrogen and oxygen atoms in total. The fourth-order valence-electron chi connectivity index (χ4n) is 1.80. The minimum Gasteiger partial charge on any atom is -0.506 e. The van der Waals surface area contributed by atoms with Gasteiger partial charge in [0.15, 0.2) is 5.16 Å². The standard InChI is InChI=1S/C11H13N3O3S/c1-3-14-5-7(10(16)17)8(15)6-4-12-11(18-2)13-9(6)14/h4,15H,3,5H2,1-2H3,(H,16,17). The van der Waals surface area contributed by atoms with Crippen LogP contribution in [0.1, 0.15) is 12.5 Å². The van der Waals surface area contributed by atoms with Crippen LogP contribution >= 0.6 is 11.8 Å². The van der Waals surface area contributed by atoms with Crippen LogP contribution in [-0.2, 0) is 4.79 Å². The third-order valence-corrected chi connectivity index (χ3v) is 3.32. The van der Waals surface area contributed by atoms with E-state index < -0.39 is 5.97 Å². The molecule has 2 rings (SSSR count). The Bertz CT molecular complexity index is 530. The number of hydrogen-bond donors (Lipinski definition) is 2. The molecule has 1 aromatic heterocycles. The van der Waals surface area contributed by atoms with Gasteiger partial charge in [-0.2, -0.15) is 0 Å². The van der Waals surface area contributed by atoms with Gasteiger partial charge in [-0.1, -0.05) is 11.8 Å². The maximum absolute atomic E-state index is 11.1. The first-order valence-electron chi connectivity index (χ1n) is 5.40.